The zero-order chi connectivity index (χ0) is 11.1. The lowest BCUT2D eigenvalue weighted by Gasteiger charge is -2.35. The number of esters is 1. The highest BCUT2D eigenvalue weighted by molar-refractivity contribution is 5.81. The monoisotopic (exact) mass is 216 g/mol. The maximum atomic E-state index is 11.7. The molecule has 15 heavy (non-hydrogen) atoms. The minimum atomic E-state index is -0.515. The fourth-order valence-corrected chi connectivity index (χ4v) is 1.89. The van der Waals surface area contributed by atoms with Crippen molar-refractivity contribution in [2.75, 3.05) is 40.5 Å². The number of hydrogen-bond donors (Lipinski definition) is 2. The van der Waals surface area contributed by atoms with Crippen LogP contribution in [0, 0.1) is 0 Å². The van der Waals surface area contributed by atoms with E-state index >= 15 is 0 Å². The fourth-order valence-electron chi connectivity index (χ4n) is 1.89. The third-order valence-corrected chi connectivity index (χ3v) is 2.80. The van der Waals surface area contributed by atoms with Crippen LogP contribution in [0.15, 0.2) is 0 Å². The van der Waals surface area contributed by atoms with Crippen molar-refractivity contribution >= 4 is 5.97 Å². The van der Waals surface area contributed by atoms with E-state index in [1.165, 1.54) is 7.11 Å². The summed E-state index contributed by atoms with van der Waals surface area (Å²) in [5.74, 6) is -0.167. The molecule has 0 aliphatic carbocycles. The second-order valence-corrected chi connectivity index (χ2v) is 3.74. The van der Waals surface area contributed by atoms with Crippen LogP contribution in [0.3, 0.4) is 0 Å². The molecule has 0 aromatic rings. The van der Waals surface area contributed by atoms with E-state index in [9.17, 15) is 4.79 Å². The predicted octanol–water partition coefficient (Wildman–Crippen LogP) is -0.482. The Morgan fingerprint density at radius 1 is 1.40 bits per heavy atom. The summed E-state index contributed by atoms with van der Waals surface area (Å²) in [6, 6.07) is 0. The largest absolute Gasteiger partial charge is 0.468 e. The molecule has 0 radical (unpaired) electrons. The summed E-state index contributed by atoms with van der Waals surface area (Å²) < 4.78 is 9.81. The molecule has 1 fully saturated rings. The predicted molar refractivity (Wildman–Crippen MR) is 56.7 cm³/mol. The van der Waals surface area contributed by atoms with Crippen LogP contribution in [0.4, 0.5) is 0 Å². The van der Waals surface area contributed by atoms with Crippen molar-refractivity contribution in [3.05, 3.63) is 0 Å². The highest BCUT2D eigenvalue weighted by atomic mass is 16.5. The number of methoxy groups -OCH3 is 2. The Bertz CT molecular complexity index is 203. The molecule has 1 rings (SSSR count). The first-order chi connectivity index (χ1) is 7.25. The van der Waals surface area contributed by atoms with Gasteiger partial charge in [0.1, 0.15) is 5.54 Å². The van der Waals surface area contributed by atoms with Gasteiger partial charge in [0.15, 0.2) is 0 Å². The first-order valence-corrected chi connectivity index (χ1v) is 5.28. The van der Waals surface area contributed by atoms with E-state index in [0.29, 0.717) is 13.2 Å². The maximum Gasteiger partial charge on any atom is 0.326 e. The molecule has 1 saturated heterocycles. The van der Waals surface area contributed by atoms with E-state index in [1.54, 1.807) is 7.11 Å². The number of hydrogen-bond acceptors (Lipinski definition) is 5. The molecule has 0 spiro atoms. The first-order valence-electron chi connectivity index (χ1n) is 5.28. The molecule has 0 bridgehead atoms. The Balaban J connectivity index is 2.54. The Labute approximate surface area is 90.5 Å². The van der Waals surface area contributed by atoms with Crippen LogP contribution in [0.5, 0.6) is 0 Å². The highest BCUT2D eigenvalue weighted by Crippen LogP contribution is 2.19. The van der Waals surface area contributed by atoms with Gasteiger partial charge in [0.2, 0.25) is 0 Å². The summed E-state index contributed by atoms with van der Waals surface area (Å²) in [6.45, 7) is 2.96. The molecular formula is C10H20N2O3. The zero-order valence-corrected chi connectivity index (χ0v) is 9.47. The van der Waals surface area contributed by atoms with Crippen molar-refractivity contribution < 1.29 is 14.3 Å². The lowest BCUT2D eigenvalue weighted by molar-refractivity contribution is -0.150. The summed E-state index contributed by atoms with van der Waals surface area (Å²) in [5, 5.41) is 6.48. The Morgan fingerprint density at radius 2 is 2.07 bits per heavy atom. The number of nitrogens with one attached hydrogen (secondary N) is 2. The third kappa shape index (κ3) is 3.15. The zero-order valence-electron chi connectivity index (χ0n) is 9.47. The molecule has 0 saturated carbocycles. The van der Waals surface area contributed by atoms with Crippen molar-refractivity contribution in [2.24, 2.45) is 0 Å². The van der Waals surface area contributed by atoms with Crippen LogP contribution in [-0.4, -0.2) is 52.0 Å². The summed E-state index contributed by atoms with van der Waals surface area (Å²) in [4.78, 5) is 11.7. The van der Waals surface area contributed by atoms with Crippen molar-refractivity contribution in [2.45, 2.75) is 18.4 Å². The molecule has 2 N–H and O–H groups in total. The van der Waals surface area contributed by atoms with Crippen LogP contribution in [0.25, 0.3) is 0 Å². The maximum absolute atomic E-state index is 11.7. The molecule has 0 unspecified atom stereocenters. The molecule has 5 nitrogen and oxygen atoms in total. The lowest BCUT2D eigenvalue weighted by Crippen LogP contribution is -2.58. The second kappa shape index (κ2) is 6.05. The van der Waals surface area contributed by atoms with Crippen molar-refractivity contribution in [3.8, 4) is 0 Å². The standard InChI is InChI=1S/C10H20N2O3/c1-14-8-7-12-10(9(13)15-2)3-5-11-6-4-10/h11-12H,3-8H2,1-2H3. The van der Waals surface area contributed by atoms with Crippen LogP contribution >= 0.6 is 0 Å². The smallest absolute Gasteiger partial charge is 0.326 e. The number of ether oxygens (including phenoxy) is 2. The van der Waals surface area contributed by atoms with Crippen LogP contribution in [0.1, 0.15) is 12.8 Å². The second-order valence-electron chi connectivity index (χ2n) is 3.74. The molecule has 0 aromatic carbocycles. The van der Waals surface area contributed by atoms with E-state index < -0.39 is 5.54 Å². The topological polar surface area (TPSA) is 59.6 Å². The van der Waals surface area contributed by atoms with Gasteiger partial charge in [-0.25, -0.2) is 0 Å². The van der Waals surface area contributed by atoms with Gasteiger partial charge in [0.25, 0.3) is 0 Å². The van der Waals surface area contributed by atoms with Gasteiger partial charge in [-0.2, -0.15) is 0 Å². The lowest BCUT2D eigenvalue weighted by atomic mass is 9.88. The van der Waals surface area contributed by atoms with Gasteiger partial charge in [-0.1, -0.05) is 0 Å². The molecule has 0 atom stereocenters. The highest BCUT2D eigenvalue weighted by Gasteiger charge is 2.39. The number of piperidine rings is 1. The third-order valence-electron chi connectivity index (χ3n) is 2.80. The molecule has 0 aromatic heterocycles. The van der Waals surface area contributed by atoms with Gasteiger partial charge in [-0.3, -0.25) is 10.1 Å². The van der Waals surface area contributed by atoms with E-state index in [-0.39, 0.29) is 5.97 Å². The van der Waals surface area contributed by atoms with Crippen molar-refractivity contribution in [1.29, 1.82) is 0 Å². The summed E-state index contributed by atoms with van der Waals surface area (Å²) >= 11 is 0. The molecule has 1 aliphatic rings. The minimum Gasteiger partial charge on any atom is -0.468 e. The van der Waals surface area contributed by atoms with Gasteiger partial charge >= 0.3 is 5.97 Å². The molecular weight excluding hydrogens is 196 g/mol. The van der Waals surface area contributed by atoms with E-state index in [4.69, 9.17) is 9.47 Å². The Hall–Kier alpha value is -0.650. The number of carbonyl (C=O) groups excluding carboxylic acids is 1. The Morgan fingerprint density at radius 3 is 2.60 bits per heavy atom. The minimum absolute atomic E-state index is 0.167. The van der Waals surface area contributed by atoms with Gasteiger partial charge in [0.05, 0.1) is 13.7 Å². The Kier molecular flexibility index (Phi) is 5.01. The average molecular weight is 216 g/mol. The van der Waals surface area contributed by atoms with Gasteiger partial charge < -0.3 is 14.8 Å². The van der Waals surface area contributed by atoms with E-state index in [2.05, 4.69) is 10.6 Å². The molecule has 88 valence electrons. The van der Waals surface area contributed by atoms with Gasteiger partial charge in [0, 0.05) is 13.7 Å². The number of carbonyl (C=O) groups is 1. The number of rotatable bonds is 5. The molecule has 1 heterocycles. The summed E-state index contributed by atoms with van der Waals surface area (Å²) in [6.07, 6.45) is 1.53. The van der Waals surface area contributed by atoms with Crippen LogP contribution < -0.4 is 10.6 Å². The fraction of sp³-hybridized carbons (Fsp3) is 0.900. The quantitative estimate of drug-likeness (QED) is 0.480. The van der Waals surface area contributed by atoms with Crippen LogP contribution in [-0.2, 0) is 14.3 Å². The molecule has 5 heteroatoms. The molecule has 1 aliphatic heterocycles. The summed E-state index contributed by atoms with van der Waals surface area (Å²) in [7, 11) is 3.08. The average Bonchev–Trinajstić information content (AvgIpc) is 2.29. The van der Waals surface area contributed by atoms with Gasteiger partial charge in [-0.05, 0) is 25.9 Å². The van der Waals surface area contributed by atoms with Crippen LogP contribution in [0.2, 0.25) is 0 Å². The van der Waals surface area contributed by atoms with Crippen molar-refractivity contribution in [3.63, 3.8) is 0 Å². The van der Waals surface area contributed by atoms with E-state index in [0.717, 1.165) is 25.9 Å². The summed E-state index contributed by atoms with van der Waals surface area (Å²) in [5.41, 5.74) is -0.515. The normalized spacial score (nSPS) is 19.9. The van der Waals surface area contributed by atoms with E-state index in [1.807, 2.05) is 0 Å². The van der Waals surface area contributed by atoms with Gasteiger partial charge in [-0.15, -0.1) is 0 Å². The molecule has 0 amide bonds. The first kappa shape index (κ1) is 12.4. The SMILES string of the molecule is COCCNC1(C(=O)OC)CCNCC1. The van der Waals surface area contributed by atoms with Crippen molar-refractivity contribution in [1.82, 2.24) is 10.6 Å².